The summed E-state index contributed by atoms with van der Waals surface area (Å²) in [5, 5.41) is 0. The van der Waals surface area contributed by atoms with E-state index in [2.05, 4.69) is 4.98 Å². The van der Waals surface area contributed by atoms with Crippen LogP contribution in [0.15, 0.2) is 96.0 Å². The molecule has 0 radical (unpaired) electrons. The molecule has 176 valence electrons. The molecule has 0 fully saturated rings. The smallest absolute Gasteiger partial charge is 0.178 e. The average molecular weight is 488 g/mol. The van der Waals surface area contributed by atoms with Crippen LogP contribution < -0.4 is 4.74 Å². The molecule has 0 spiro atoms. The molecule has 0 aliphatic rings. The molecule has 2 aromatic heterocycles. The normalized spacial score (nSPS) is 11.6. The maximum absolute atomic E-state index is 13.4. The van der Waals surface area contributed by atoms with Gasteiger partial charge in [-0.05, 0) is 66.2 Å². The number of ether oxygens (including phenoxy) is 1. The van der Waals surface area contributed by atoms with Crippen LogP contribution in [-0.2, 0) is 16.4 Å². The fourth-order valence-electron chi connectivity index (χ4n) is 3.81. The van der Waals surface area contributed by atoms with E-state index in [1.807, 2.05) is 41.0 Å². The molecule has 8 heteroatoms. The van der Waals surface area contributed by atoms with Gasteiger partial charge in [-0.1, -0.05) is 25.1 Å². The Morgan fingerprint density at radius 1 is 0.914 bits per heavy atom. The molecule has 0 N–H and O–H groups in total. The third kappa shape index (κ3) is 4.79. The summed E-state index contributed by atoms with van der Waals surface area (Å²) in [6, 6.07) is 24.0. The second-order valence-electron chi connectivity index (χ2n) is 7.99. The molecular weight excluding hydrogens is 465 g/mol. The van der Waals surface area contributed by atoms with Crippen molar-refractivity contribution in [3.8, 4) is 23.0 Å². The molecular formula is C27H22FN3O3S. The van der Waals surface area contributed by atoms with Crippen LogP contribution in [0.2, 0.25) is 0 Å². The molecule has 3 aromatic carbocycles. The van der Waals surface area contributed by atoms with Gasteiger partial charge in [0.15, 0.2) is 15.7 Å². The van der Waals surface area contributed by atoms with Crippen LogP contribution in [0.1, 0.15) is 12.5 Å². The number of halogens is 1. The minimum absolute atomic E-state index is 0.0447. The lowest BCUT2D eigenvalue weighted by atomic mass is 10.2. The van der Waals surface area contributed by atoms with Crippen LogP contribution in [0.5, 0.6) is 11.5 Å². The Bertz CT molecular complexity index is 1580. The van der Waals surface area contributed by atoms with Gasteiger partial charge < -0.3 is 9.30 Å². The van der Waals surface area contributed by atoms with Crippen LogP contribution in [0.25, 0.3) is 22.6 Å². The molecule has 0 bridgehead atoms. The topological polar surface area (TPSA) is 74.1 Å². The summed E-state index contributed by atoms with van der Waals surface area (Å²) in [5.41, 5.74) is 3.26. The van der Waals surface area contributed by atoms with Crippen LogP contribution in [0.4, 0.5) is 4.39 Å². The Hall–Kier alpha value is -4.04. The molecule has 6 nitrogen and oxygen atoms in total. The molecule has 0 aliphatic heterocycles. The minimum atomic E-state index is -3.27. The number of aromatic nitrogens is 3. The van der Waals surface area contributed by atoms with Gasteiger partial charge in [0.05, 0.1) is 21.7 Å². The highest BCUT2D eigenvalue weighted by atomic mass is 32.2. The number of sulfone groups is 1. The van der Waals surface area contributed by atoms with E-state index in [0.29, 0.717) is 23.9 Å². The molecule has 0 saturated carbocycles. The Balaban J connectivity index is 1.50. The lowest BCUT2D eigenvalue weighted by molar-refractivity contribution is 0.483. The third-order valence-corrected chi connectivity index (χ3v) is 7.42. The van der Waals surface area contributed by atoms with E-state index < -0.39 is 9.84 Å². The standard InChI is InChI=1S/C27H22FN3O3S/c1-2-35(32,33)23-13-10-21(11-14-23)34-22-12-15-26-25(17-22)30-27(24-5-3-4-16-29-24)31(26)18-19-6-8-20(28)9-7-19/h3-17H,2,18H2,1H3. The summed E-state index contributed by atoms with van der Waals surface area (Å²) in [4.78, 5) is 9.55. The third-order valence-electron chi connectivity index (χ3n) is 5.67. The Labute approximate surface area is 202 Å². The van der Waals surface area contributed by atoms with Gasteiger partial charge in [-0.3, -0.25) is 4.98 Å². The number of hydrogen-bond donors (Lipinski definition) is 0. The highest BCUT2D eigenvalue weighted by molar-refractivity contribution is 7.91. The molecule has 5 rings (SSSR count). The van der Waals surface area contributed by atoms with E-state index >= 15 is 0 Å². The second kappa shape index (κ2) is 9.31. The van der Waals surface area contributed by atoms with Crippen molar-refractivity contribution in [2.75, 3.05) is 5.75 Å². The minimum Gasteiger partial charge on any atom is -0.457 e. The zero-order valence-electron chi connectivity index (χ0n) is 18.9. The van der Waals surface area contributed by atoms with Crippen molar-refractivity contribution < 1.29 is 17.5 Å². The highest BCUT2D eigenvalue weighted by Gasteiger charge is 2.16. The van der Waals surface area contributed by atoms with E-state index in [4.69, 9.17) is 9.72 Å². The van der Waals surface area contributed by atoms with Crippen molar-refractivity contribution in [2.24, 2.45) is 0 Å². The van der Waals surface area contributed by atoms with Crippen molar-refractivity contribution >= 4 is 20.9 Å². The maximum Gasteiger partial charge on any atom is 0.178 e. The molecule has 0 amide bonds. The number of fused-ring (bicyclic) bond motifs is 1. The Morgan fingerprint density at radius 2 is 1.66 bits per heavy atom. The fourth-order valence-corrected chi connectivity index (χ4v) is 4.70. The summed E-state index contributed by atoms with van der Waals surface area (Å²) < 4.78 is 45.5. The first-order valence-electron chi connectivity index (χ1n) is 11.1. The average Bonchev–Trinajstić information content (AvgIpc) is 3.23. The predicted molar refractivity (Wildman–Crippen MR) is 133 cm³/mol. The zero-order valence-corrected chi connectivity index (χ0v) is 19.7. The van der Waals surface area contributed by atoms with E-state index in [1.54, 1.807) is 49.5 Å². The lowest BCUT2D eigenvalue weighted by Gasteiger charge is -2.10. The van der Waals surface area contributed by atoms with Crippen molar-refractivity contribution in [3.05, 3.63) is 103 Å². The first kappa shape index (κ1) is 22.7. The number of nitrogens with zero attached hydrogens (tertiary/aromatic N) is 3. The summed E-state index contributed by atoms with van der Waals surface area (Å²) in [5.74, 6) is 1.55. The second-order valence-corrected chi connectivity index (χ2v) is 10.3. The summed E-state index contributed by atoms with van der Waals surface area (Å²) in [6.07, 6.45) is 1.72. The zero-order chi connectivity index (χ0) is 24.4. The van der Waals surface area contributed by atoms with Crippen LogP contribution >= 0.6 is 0 Å². The maximum atomic E-state index is 13.4. The SMILES string of the molecule is CCS(=O)(=O)c1ccc(Oc2ccc3c(c2)nc(-c2ccccn2)n3Cc2ccc(F)cc2)cc1. The first-order valence-corrected chi connectivity index (χ1v) is 12.7. The molecule has 2 heterocycles. The molecule has 5 aromatic rings. The number of benzene rings is 3. The van der Waals surface area contributed by atoms with E-state index in [0.717, 1.165) is 22.3 Å². The lowest BCUT2D eigenvalue weighted by Crippen LogP contribution is -2.03. The van der Waals surface area contributed by atoms with Crippen molar-refractivity contribution in [2.45, 2.75) is 18.4 Å². The van der Waals surface area contributed by atoms with Gasteiger partial charge in [0, 0.05) is 18.8 Å². The molecule has 0 aliphatic carbocycles. The highest BCUT2D eigenvalue weighted by Crippen LogP contribution is 2.30. The van der Waals surface area contributed by atoms with Crippen LogP contribution in [0.3, 0.4) is 0 Å². The van der Waals surface area contributed by atoms with Crippen molar-refractivity contribution in [1.82, 2.24) is 14.5 Å². The van der Waals surface area contributed by atoms with Gasteiger partial charge in [0.1, 0.15) is 23.0 Å². The quantitative estimate of drug-likeness (QED) is 0.287. The van der Waals surface area contributed by atoms with Gasteiger partial charge >= 0.3 is 0 Å². The monoisotopic (exact) mass is 487 g/mol. The number of imidazole rings is 1. The van der Waals surface area contributed by atoms with Crippen LogP contribution in [0, 0.1) is 5.82 Å². The van der Waals surface area contributed by atoms with Gasteiger partial charge in [0.25, 0.3) is 0 Å². The predicted octanol–water partition coefficient (Wildman–Crippen LogP) is 5.87. The first-order chi connectivity index (χ1) is 16.9. The summed E-state index contributed by atoms with van der Waals surface area (Å²) >= 11 is 0. The number of pyridine rings is 1. The van der Waals surface area contributed by atoms with E-state index in [-0.39, 0.29) is 16.5 Å². The van der Waals surface area contributed by atoms with Gasteiger partial charge in [0.2, 0.25) is 0 Å². The molecule has 0 saturated heterocycles. The molecule has 0 unspecified atom stereocenters. The largest absolute Gasteiger partial charge is 0.457 e. The van der Waals surface area contributed by atoms with Crippen molar-refractivity contribution in [3.63, 3.8) is 0 Å². The van der Waals surface area contributed by atoms with Gasteiger partial charge in [-0.15, -0.1) is 0 Å². The van der Waals surface area contributed by atoms with Gasteiger partial charge in [-0.25, -0.2) is 17.8 Å². The van der Waals surface area contributed by atoms with Crippen molar-refractivity contribution in [1.29, 1.82) is 0 Å². The van der Waals surface area contributed by atoms with Crippen LogP contribution in [-0.4, -0.2) is 28.7 Å². The molecule has 0 atom stereocenters. The van der Waals surface area contributed by atoms with Gasteiger partial charge in [-0.2, -0.15) is 0 Å². The van der Waals surface area contributed by atoms with E-state index in [1.165, 1.54) is 12.1 Å². The van der Waals surface area contributed by atoms with E-state index in [9.17, 15) is 12.8 Å². The number of rotatable bonds is 7. The Kier molecular flexibility index (Phi) is 6.05. The molecule has 35 heavy (non-hydrogen) atoms. The summed E-state index contributed by atoms with van der Waals surface area (Å²) in [6.45, 7) is 2.11. The fraction of sp³-hybridized carbons (Fsp3) is 0.111. The number of hydrogen-bond acceptors (Lipinski definition) is 5. The summed E-state index contributed by atoms with van der Waals surface area (Å²) in [7, 11) is -3.27. The Morgan fingerprint density at radius 3 is 2.34 bits per heavy atom.